The van der Waals surface area contributed by atoms with Gasteiger partial charge in [0.25, 0.3) is 5.91 Å². The Hall–Kier alpha value is -1.95. The summed E-state index contributed by atoms with van der Waals surface area (Å²) in [6.07, 6.45) is 2.06. The van der Waals surface area contributed by atoms with Crippen LogP contribution in [0.5, 0.6) is 0 Å². The van der Waals surface area contributed by atoms with E-state index in [-0.39, 0.29) is 23.2 Å². The van der Waals surface area contributed by atoms with Gasteiger partial charge in [0, 0.05) is 18.5 Å². The van der Waals surface area contributed by atoms with Crippen molar-refractivity contribution < 1.29 is 13.9 Å². The maximum atomic E-state index is 13.5. The molecule has 0 spiro atoms. The van der Waals surface area contributed by atoms with Gasteiger partial charge in [0.15, 0.2) is 5.82 Å². The number of carbonyl (C=O) groups excluding carboxylic acids is 1. The molecule has 3 rings (SSSR count). The highest BCUT2D eigenvalue weighted by atomic mass is 19.1. The van der Waals surface area contributed by atoms with Gasteiger partial charge in [-0.2, -0.15) is 5.10 Å². The molecule has 1 aliphatic rings. The SMILES string of the molecule is O=C(NCC1CCCO1)c1[nH]nc2c(F)cccc12. The Morgan fingerprint density at radius 2 is 2.47 bits per heavy atom. The summed E-state index contributed by atoms with van der Waals surface area (Å²) in [4.78, 5) is 12.0. The van der Waals surface area contributed by atoms with E-state index in [4.69, 9.17) is 4.74 Å². The number of hydrogen-bond acceptors (Lipinski definition) is 3. The molecule has 2 N–H and O–H groups in total. The van der Waals surface area contributed by atoms with Crippen molar-refractivity contribution in [2.24, 2.45) is 0 Å². The van der Waals surface area contributed by atoms with E-state index in [9.17, 15) is 9.18 Å². The molecule has 1 atom stereocenters. The lowest BCUT2D eigenvalue weighted by atomic mass is 10.2. The van der Waals surface area contributed by atoms with Crippen molar-refractivity contribution in [2.75, 3.05) is 13.2 Å². The highest BCUT2D eigenvalue weighted by Gasteiger charge is 2.19. The second kappa shape index (κ2) is 4.97. The van der Waals surface area contributed by atoms with Crippen molar-refractivity contribution in [3.63, 3.8) is 0 Å². The monoisotopic (exact) mass is 263 g/mol. The van der Waals surface area contributed by atoms with Gasteiger partial charge in [0.05, 0.1) is 6.10 Å². The van der Waals surface area contributed by atoms with Crippen LogP contribution in [0.1, 0.15) is 23.3 Å². The fourth-order valence-corrected chi connectivity index (χ4v) is 2.28. The Kier molecular flexibility index (Phi) is 3.16. The molecule has 6 heteroatoms. The molecule has 0 saturated carbocycles. The zero-order valence-electron chi connectivity index (χ0n) is 10.3. The number of benzene rings is 1. The lowest BCUT2D eigenvalue weighted by molar-refractivity contribution is 0.0855. The van der Waals surface area contributed by atoms with Crippen LogP contribution in [-0.2, 0) is 4.74 Å². The van der Waals surface area contributed by atoms with E-state index in [0.29, 0.717) is 11.9 Å². The molecule has 1 unspecified atom stereocenters. The lowest BCUT2D eigenvalue weighted by Gasteiger charge is -2.09. The smallest absolute Gasteiger partial charge is 0.270 e. The summed E-state index contributed by atoms with van der Waals surface area (Å²) in [7, 11) is 0. The first kappa shape index (κ1) is 12.1. The molecular formula is C13H14FN3O2. The van der Waals surface area contributed by atoms with E-state index >= 15 is 0 Å². The average Bonchev–Trinajstić information content (AvgIpc) is 3.06. The number of H-pyrrole nitrogens is 1. The van der Waals surface area contributed by atoms with Crippen LogP contribution < -0.4 is 5.32 Å². The third kappa shape index (κ3) is 2.31. The summed E-state index contributed by atoms with van der Waals surface area (Å²) in [5, 5.41) is 9.69. The first-order chi connectivity index (χ1) is 9.25. The quantitative estimate of drug-likeness (QED) is 0.884. The van der Waals surface area contributed by atoms with Crippen molar-refractivity contribution in [1.82, 2.24) is 15.5 Å². The highest BCUT2D eigenvalue weighted by molar-refractivity contribution is 6.04. The number of carbonyl (C=O) groups is 1. The normalized spacial score (nSPS) is 18.9. The number of para-hydroxylation sites is 1. The predicted molar refractivity (Wildman–Crippen MR) is 67.4 cm³/mol. The van der Waals surface area contributed by atoms with Gasteiger partial charge < -0.3 is 10.1 Å². The van der Waals surface area contributed by atoms with Gasteiger partial charge in [0.1, 0.15) is 11.2 Å². The first-order valence-electron chi connectivity index (χ1n) is 6.28. The van der Waals surface area contributed by atoms with Crippen LogP contribution in [-0.4, -0.2) is 35.4 Å². The predicted octanol–water partition coefficient (Wildman–Crippen LogP) is 1.61. The van der Waals surface area contributed by atoms with Crippen molar-refractivity contribution in [3.05, 3.63) is 29.7 Å². The number of amides is 1. The van der Waals surface area contributed by atoms with Gasteiger partial charge in [-0.3, -0.25) is 9.89 Å². The van der Waals surface area contributed by atoms with Crippen LogP contribution in [0.15, 0.2) is 18.2 Å². The molecule has 0 bridgehead atoms. The summed E-state index contributed by atoms with van der Waals surface area (Å²) in [5.74, 6) is -0.726. The molecule has 1 saturated heterocycles. The Morgan fingerprint density at radius 3 is 3.26 bits per heavy atom. The van der Waals surface area contributed by atoms with E-state index in [0.717, 1.165) is 19.4 Å². The van der Waals surface area contributed by atoms with Crippen LogP contribution in [0.25, 0.3) is 10.9 Å². The lowest BCUT2D eigenvalue weighted by Crippen LogP contribution is -2.32. The second-order valence-corrected chi connectivity index (χ2v) is 4.58. The Balaban J connectivity index is 1.76. The topological polar surface area (TPSA) is 67.0 Å². The fraction of sp³-hybridized carbons (Fsp3) is 0.385. The maximum Gasteiger partial charge on any atom is 0.270 e. The Bertz CT molecular complexity index is 605. The molecular weight excluding hydrogens is 249 g/mol. The van der Waals surface area contributed by atoms with E-state index in [1.165, 1.54) is 6.07 Å². The van der Waals surface area contributed by atoms with Gasteiger partial charge in [-0.15, -0.1) is 0 Å². The maximum absolute atomic E-state index is 13.5. The number of ether oxygens (including phenoxy) is 1. The number of aromatic amines is 1. The zero-order chi connectivity index (χ0) is 13.2. The number of nitrogens with zero attached hydrogens (tertiary/aromatic N) is 1. The van der Waals surface area contributed by atoms with Crippen LogP contribution >= 0.6 is 0 Å². The van der Waals surface area contributed by atoms with Gasteiger partial charge in [-0.1, -0.05) is 12.1 Å². The molecule has 0 radical (unpaired) electrons. The van der Waals surface area contributed by atoms with E-state index in [1.54, 1.807) is 12.1 Å². The molecule has 2 aromatic rings. The zero-order valence-corrected chi connectivity index (χ0v) is 10.3. The fourth-order valence-electron chi connectivity index (χ4n) is 2.28. The van der Waals surface area contributed by atoms with E-state index < -0.39 is 5.82 Å². The number of halogens is 1. The minimum Gasteiger partial charge on any atom is -0.376 e. The standard InChI is InChI=1S/C13H14FN3O2/c14-10-5-1-4-9-11(10)16-17-12(9)13(18)15-7-8-3-2-6-19-8/h1,4-5,8H,2-3,6-7H2,(H,15,18)(H,16,17). The third-order valence-corrected chi connectivity index (χ3v) is 3.28. The molecule has 1 aromatic heterocycles. The summed E-state index contributed by atoms with van der Waals surface area (Å²) in [6, 6.07) is 4.55. The van der Waals surface area contributed by atoms with Crippen LogP contribution in [0.4, 0.5) is 4.39 Å². The van der Waals surface area contributed by atoms with E-state index in [1.807, 2.05) is 0 Å². The second-order valence-electron chi connectivity index (χ2n) is 4.58. The molecule has 19 heavy (non-hydrogen) atoms. The molecule has 100 valence electrons. The average molecular weight is 263 g/mol. The van der Waals surface area contributed by atoms with Crippen LogP contribution in [0.2, 0.25) is 0 Å². The summed E-state index contributed by atoms with van der Waals surface area (Å²) >= 11 is 0. The first-order valence-corrected chi connectivity index (χ1v) is 6.28. The van der Waals surface area contributed by atoms with Crippen LogP contribution in [0, 0.1) is 5.82 Å². The number of rotatable bonds is 3. The minimum atomic E-state index is -0.438. The highest BCUT2D eigenvalue weighted by Crippen LogP contribution is 2.18. The van der Waals surface area contributed by atoms with Crippen molar-refractivity contribution in [1.29, 1.82) is 0 Å². The number of nitrogens with one attached hydrogen (secondary N) is 2. The largest absolute Gasteiger partial charge is 0.376 e. The van der Waals surface area contributed by atoms with Gasteiger partial charge in [0.2, 0.25) is 0 Å². The molecule has 5 nitrogen and oxygen atoms in total. The summed E-state index contributed by atoms with van der Waals surface area (Å²) in [6.45, 7) is 1.22. The van der Waals surface area contributed by atoms with Gasteiger partial charge in [-0.25, -0.2) is 4.39 Å². The third-order valence-electron chi connectivity index (χ3n) is 3.28. The van der Waals surface area contributed by atoms with Crippen LogP contribution in [0.3, 0.4) is 0 Å². The summed E-state index contributed by atoms with van der Waals surface area (Å²) in [5.41, 5.74) is 0.470. The summed E-state index contributed by atoms with van der Waals surface area (Å²) < 4.78 is 18.9. The van der Waals surface area contributed by atoms with E-state index in [2.05, 4.69) is 15.5 Å². The molecule has 1 aliphatic heterocycles. The molecule has 0 aliphatic carbocycles. The molecule has 1 amide bonds. The number of fused-ring (bicyclic) bond motifs is 1. The minimum absolute atomic E-state index is 0.0786. The van der Waals surface area contributed by atoms with Crippen molar-refractivity contribution >= 4 is 16.8 Å². The van der Waals surface area contributed by atoms with Crippen molar-refractivity contribution in [2.45, 2.75) is 18.9 Å². The molecule has 2 heterocycles. The Morgan fingerprint density at radius 1 is 1.58 bits per heavy atom. The number of aromatic nitrogens is 2. The molecule has 1 aromatic carbocycles. The molecule has 1 fully saturated rings. The van der Waals surface area contributed by atoms with Crippen molar-refractivity contribution in [3.8, 4) is 0 Å². The number of hydrogen-bond donors (Lipinski definition) is 2. The Labute approximate surface area is 109 Å². The van der Waals surface area contributed by atoms with Gasteiger partial charge >= 0.3 is 0 Å². The van der Waals surface area contributed by atoms with Gasteiger partial charge in [-0.05, 0) is 18.9 Å².